The van der Waals surface area contributed by atoms with Crippen LogP contribution >= 0.6 is 0 Å². The molecule has 0 saturated carbocycles. The normalized spacial score (nSPS) is 19.9. The predicted molar refractivity (Wildman–Crippen MR) is 68.7 cm³/mol. The van der Waals surface area contributed by atoms with Gasteiger partial charge in [-0.2, -0.15) is 4.68 Å². The summed E-state index contributed by atoms with van der Waals surface area (Å²) in [5.74, 6) is 1.38. The van der Waals surface area contributed by atoms with Crippen LogP contribution in [0.25, 0.3) is 5.69 Å². The van der Waals surface area contributed by atoms with Gasteiger partial charge in [-0.3, -0.25) is 0 Å². The van der Waals surface area contributed by atoms with Crippen molar-refractivity contribution < 1.29 is 0 Å². The molecule has 5 heteroatoms. The Bertz CT molecular complexity index is 510. The molecule has 1 N–H and O–H groups in total. The van der Waals surface area contributed by atoms with Gasteiger partial charge in [-0.15, -0.1) is 5.10 Å². The Labute approximate surface area is 106 Å². The SMILES string of the molecule is Cc1ccc(-n2nnnc2C2CCCNC2)cc1. The van der Waals surface area contributed by atoms with E-state index in [4.69, 9.17) is 0 Å². The molecule has 2 aromatic rings. The molecule has 3 rings (SSSR count). The van der Waals surface area contributed by atoms with Gasteiger partial charge in [-0.05, 0) is 48.9 Å². The van der Waals surface area contributed by atoms with E-state index >= 15 is 0 Å². The minimum atomic E-state index is 0.412. The Morgan fingerprint density at radius 1 is 1.28 bits per heavy atom. The van der Waals surface area contributed by atoms with E-state index in [9.17, 15) is 0 Å². The molecule has 2 heterocycles. The number of hydrogen-bond acceptors (Lipinski definition) is 4. The number of hydrogen-bond donors (Lipinski definition) is 1. The molecular weight excluding hydrogens is 226 g/mol. The Kier molecular flexibility index (Phi) is 3.06. The molecule has 1 atom stereocenters. The van der Waals surface area contributed by atoms with Crippen LogP contribution in [0, 0.1) is 6.92 Å². The largest absolute Gasteiger partial charge is 0.316 e. The van der Waals surface area contributed by atoms with Crippen LogP contribution in [0.4, 0.5) is 0 Å². The molecular formula is C13H17N5. The van der Waals surface area contributed by atoms with Crippen molar-refractivity contribution in [1.29, 1.82) is 0 Å². The van der Waals surface area contributed by atoms with E-state index in [1.807, 2.05) is 4.68 Å². The van der Waals surface area contributed by atoms with Crippen LogP contribution < -0.4 is 5.32 Å². The molecule has 1 fully saturated rings. The molecule has 1 unspecified atom stereocenters. The van der Waals surface area contributed by atoms with E-state index in [-0.39, 0.29) is 0 Å². The number of piperidine rings is 1. The van der Waals surface area contributed by atoms with Gasteiger partial charge in [-0.1, -0.05) is 17.7 Å². The highest BCUT2D eigenvalue weighted by Crippen LogP contribution is 2.22. The number of nitrogens with zero attached hydrogens (tertiary/aromatic N) is 4. The van der Waals surface area contributed by atoms with Gasteiger partial charge in [0.15, 0.2) is 5.82 Å². The Morgan fingerprint density at radius 3 is 2.83 bits per heavy atom. The fourth-order valence-electron chi connectivity index (χ4n) is 2.39. The van der Waals surface area contributed by atoms with Crippen molar-refractivity contribution in [3.8, 4) is 5.69 Å². The molecule has 18 heavy (non-hydrogen) atoms. The minimum Gasteiger partial charge on any atom is -0.316 e. The second-order valence-electron chi connectivity index (χ2n) is 4.83. The summed E-state index contributed by atoms with van der Waals surface area (Å²) in [6.07, 6.45) is 2.34. The summed E-state index contributed by atoms with van der Waals surface area (Å²) in [5, 5.41) is 15.6. The van der Waals surface area contributed by atoms with E-state index < -0.39 is 0 Å². The lowest BCUT2D eigenvalue weighted by molar-refractivity contribution is 0.440. The smallest absolute Gasteiger partial charge is 0.161 e. The zero-order valence-corrected chi connectivity index (χ0v) is 10.5. The standard InChI is InChI=1S/C13H17N5/c1-10-4-6-12(7-5-10)18-13(15-16-17-18)11-3-2-8-14-9-11/h4-7,11,14H,2-3,8-9H2,1H3. The summed E-state index contributed by atoms with van der Waals surface area (Å²) in [4.78, 5) is 0. The van der Waals surface area contributed by atoms with E-state index in [0.29, 0.717) is 5.92 Å². The lowest BCUT2D eigenvalue weighted by Crippen LogP contribution is -2.30. The molecule has 5 nitrogen and oxygen atoms in total. The van der Waals surface area contributed by atoms with Gasteiger partial charge >= 0.3 is 0 Å². The number of aromatic nitrogens is 4. The number of rotatable bonds is 2. The minimum absolute atomic E-state index is 0.412. The Morgan fingerprint density at radius 2 is 2.11 bits per heavy atom. The first-order valence-electron chi connectivity index (χ1n) is 6.40. The molecule has 1 aliphatic rings. The molecule has 0 spiro atoms. The van der Waals surface area contributed by atoms with Crippen molar-refractivity contribution in [2.75, 3.05) is 13.1 Å². The van der Waals surface area contributed by atoms with Gasteiger partial charge in [-0.25, -0.2) is 0 Å². The fourth-order valence-corrected chi connectivity index (χ4v) is 2.39. The lowest BCUT2D eigenvalue weighted by atomic mass is 9.99. The van der Waals surface area contributed by atoms with Crippen molar-refractivity contribution in [1.82, 2.24) is 25.5 Å². The average molecular weight is 243 g/mol. The second kappa shape index (κ2) is 4.86. The van der Waals surface area contributed by atoms with Gasteiger partial charge in [0.1, 0.15) is 0 Å². The maximum atomic E-state index is 4.20. The Hall–Kier alpha value is -1.75. The summed E-state index contributed by atoms with van der Waals surface area (Å²) in [7, 11) is 0. The van der Waals surface area contributed by atoms with Crippen molar-refractivity contribution >= 4 is 0 Å². The summed E-state index contributed by atoms with van der Waals surface area (Å²) in [5.41, 5.74) is 2.28. The van der Waals surface area contributed by atoms with Crippen LogP contribution in [-0.4, -0.2) is 33.3 Å². The highest BCUT2D eigenvalue weighted by Gasteiger charge is 2.21. The zero-order chi connectivity index (χ0) is 12.4. The van der Waals surface area contributed by atoms with Crippen LogP contribution in [0.3, 0.4) is 0 Å². The number of aryl methyl sites for hydroxylation is 1. The van der Waals surface area contributed by atoms with E-state index in [2.05, 4.69) is 52.0 Å². The van der Waals surface area contributed by atoms with Gasteiger partial charge in [0.05, 0.1) is 5.69 Å². The first-order valence-corrected chi connectivity index (χ1v) is 6.40. The lowest BCUT2D eigenvalue weighted by Gasteiger charge is -2.21. The van der Waals surface area contributed by atoms with Gasteiger partial charge in [0.25, 0.3) is 0 Å². The molecule has 0 bridgehead atoms. The van der Waals surface area contributed by atoms with E-state index in [0.717, 1.165) is 31.0 Å². The van der Waals surface area contributed by atoms with Crippen molar-refractivity contribution in [3.05, 3.63) is 35.7 Å². The Balaban J connectivity index is 1.93. The average Bonchev–Trinajstić information content (AvgIpc) is 2.90. The highest BCUT2D eigenvalue weighted by atomic mass is 15.5. The first kappa shape index (κ1) is 11.3. The molecule has 1 aromatic heterocycles. The predicted octanol–water partition coefficient (Wildman–Crippen LogP) is 1.44. The third-order valence-electron chi connectivity index (χ3n) is 3.43. The number of benzene rings is 1. The van der Waals surface area contributed by atoms with Crippen LogP contribution in [0.1, 0.15) is 30.1 Å². The molecule has 1 aliphatic heterocycles. The second-order valence-corrected chi connectivity index (χ2v) is 4.83. The topological polar surface area (TPSA) is 55.6 Å². The molecule has 0 radical (unpaired) electrons. The fraction of sp³-hybridized carbons (Fsp3) is 0.462. The van der Waals surface area contributed by atoms with E-state index in [1.165, 1.54) is 12.0 Å². The molecule has 0 aliphatic carbocycles. The number of tetrazole rings is 1. The van der Waals surface area contributed by atoms with E-state index in [1.54, 1.807) is 0 Å². The van der Waals surface area contributed by atoms with Crippen LogP contribution in [0.15, 0.2) is 24.3 Å². The van der Waals surface area contributed by atoms with Crippen molar-refractivity contribution in [2.45, 2.75) is 25.7 Å². The van der Waals surface area contributed by atoms with Gasteiger partial charge < -0.3 is 5.32 Å². The summed E-state index contributed by atoms with van der Waals surface area (Å²) in [6, 6.07) is 8.29. The molecule has 0 amide bonds. The quantitative estimate of drug-likeness (QED) is 0.867. The number of nitrogens with one attached hydrogen (secondary N) is 1. The van der Waals surface area contributed by atoms with Crippen LogP contribution in [0.5, 0.6) is 0 Å². The molecule has 1 aromatic carbocycles. The maximum Gasteiger partial charge on any atom is 0.161 e. The summed E-state index contributed by atoms with van der Waals surface area (Å²) >= 11 is 0. The first-order chi connectivity index (χ1) is 8.84. The molecule has 94 valence electrons. The van der Waals surface area contributed by atoms with Gasteiger partial charge in [0, 0.05) is 12.5 Å². The van der Waals surface area contributed by atoms with Gasteiger partial charge in [0.2, 0.25) is 0 Å². The summed E-state index contributed by atoms with van der Waals surface area (Å²) in [6.45, 7) is 4.14. The summed E-state index contributed by atoms with van der Waals surface area (Å²) < 4.78 is 1.86. The third-order valence-corrected chi connectivity index (χ3v) is 3.43. The zero-order valence-electron chi connectivity index (χ0n) is 10.5. The third kappa shape index (κ3) is 2.13. The van der Waals surface area contributed by atoms with Crippen molar-refractivity contribution in [2.24, 2.45) is 0 Å². The van der Waals surface area contributed by atoms with Crippen LogP contribution in [0.2, 0.25) is 0 Å². The maximum absolute atomic E-state index is 4.20. The monoisotopic (exact) mass is 243 g/mol. The highest BCUT2D eigenvalue weighted by molar-refractivity contribution is 5.34. The van der Waals surface area contributed by atoms with Crippen molar-refractivity contribution in [3.63, 3.8) is 0 Å². The van der Waals surface area contributed by atoms with Crippen LogP contribution in [-0.2, 0) is 0 Å². The molecule has 1 saturated heterocycles.